The SMILES string of the molecule is CC(CN(C)C[C@@H](Cc1ccc(SC#N)cc1)N(CC(=O)O)CC(=O)O)N(C)C. The number of nitriles is 1. The molecule has 2 atom stereocenters. The molecule has 0 fully saturated rings. The Labute approximate surface area is 176 Å². The topological polar surface area (TPSA) is 108 Å². The lowest BCUT2D eigenvalue weighted by Gasteiger charge is -2.34. The summed E-state index contributed by atoms with van der Waals surface area (Å²) >= 11 is 1.07. The van der Waals surface area contributed by atoms with Crippen LogP contribution in [0.25, 0.3) is 0 Å². The molecule has 0 amide bonds. The van der Waals surface area contributed by atoms with Crippen LogP contribution in [0, 0.1) is 10.7 Å². The number of rotatable bonds is 13. The lowest BCUT2D eigenvalue weighted by Crippen LogP contribution is -2.50. The largest absolute Gasteiger partial charge is 0.480 e. The Balaban J connectivity index is 3.02. The summed E-state index contributed by atoms with van der Waals surface area (Å²) in [6, 6.07) is 7.50. The third-order valence-corrected chi connectivity index (χ3v) is 5.33. The van der Waals surface area contributed by atoms with E-state index in [-0.39, 0.29) is 19.1 Å². The molecule has 0 spiro atoms. The van der Waals surface area contributed by atoms with Crippen molar-refractivity contribution >= 4 is 23.7 Å². The lowest BCUT2D eigenvalue weighted by atomic mass is 10.0. The molecule has 0 bridgehead atoms. The third kappa shape index (κ3) is 9.76. The number of benzene rings is 1. The molecule has 0 aliphatic rings. The number of carboxylic acids is 2. The number of aliphatic carboxylic acids is 2. The van der Waals surface area contributed by atoms with Crippen LogP contribution in [0.3, 0.4) is 0 Å². The van der Waals surface area contributed by atoms with E-state index in [9.17, 15) is 19.8 Å². The number of carboxylic acid groups (broad SMARTS) is 2. The van der Waals surface area contributed by atoms with E-state index in [0.29, 0.717) is 19.0 Å². The maximum Gasteiger partial charge on any atom is 0.317 e. The van der Waals surface area contributed by atoms with Crippen molar-refractivity contribution in [1.29, 1.82) is 5.26 Å². The molecular formula is C20H30N4O4S. The summed E-state index contributed by atoms with van der Waals surface area (Å²) in [6.07, 6.45) is 0.513. The second-order valence-corrected chi connectivity index (χ2v) is 8.28. The Bertz CT molecular complexity index is 689. The number of hydrogen-bond acceptors (Lipinski definition) is 7. The molecule has 160 valence electrons. The molecule has 0 heterocycles. The number of thioether (sulfide) groups is 1. The molecule has 0 saturated heterocycles. The van der Waals surface area contributed by atoms with Gasteiger partial charge in [-0.05, 0) is 63.9 Å². The van der Waals surface area contributed by atoms with Crippen molar-refractivity contribution in [2.45, 2.75) is 30.3 Å². The fourth-order valence-corrected chi connectivity index (χ4v) is 3.42. The highest BCUT2D eigenvalue weighted by molar-refractivity contribution is 8.03. The molecule has 0 aliphatic carbocycles. The average molecular weight is 423 g/mol. The number of carbonyl (C=O) groups is 2. The fourth-order valence-electron chi connectivity index (χ4n) is 3.04. The number of likely N-dealkylation sites (N-methyl/N-ethyl adjacent to an activating group) is 2. The summed E-state index contributed by atoms with van der Waals surface area (Å²) in [5.41, 5.74) is 0.965. The van der Waals surface area contributed by atoms with Gasteiger partial charge >= 0.3 is 11.9 Å². The molecule has 0 saturated carbocycles. The first-order valence-electron chi connectivity index (χ1n) is 9.29. The smallest absolute Gasteiger partial charge is 0.317 e. The summed E-state index contributed by atoms with van der Waals surface area (Å²) in [5.74, 6) is -2.11. The predicted molar refractivity (Wildman–Crippen MR) is 113 cm³/mol. The van der Waals surface area contributed by atoms with Gasteiger partial charge in [-0.25, -0.2) is 0 Å². The van der Waals surface area contributed by atoms with E-state index >= 15 is 0 Å². The lowest BCUT2D eigenvalue weighted by molar-refractivity contribution is -0.143. The average Bonchev–Trinajstić information content (AvgIpc) is 2.61. The Morgan fingerprint density at radius 2 is 1.62 bits per heavy atom. The molecule has 1 aromatic carbocycles. The van der Waals surface area contributed by atoms with Crippen molar-refractivity contribution in [3.63, 3.8) is 0 Å². The molecule has 29 heavy (non-hydrogen) atoms. The third-order valence-electron chi connectivity index (χ3n) is 4.73. The predicted octanol–water partition coefficient (Wildman–Crippen LogP) is 1.52. The highest BCUT2D eigenvalue weighted by Crippen LogP contribution is 2.19. The zero-order chi connectivity index (χ0) is 22.0. The quantitative estimate of drug-likeness (QED) is 0.361. The van der Waals surface area contributed by atoms with E-state index in [1.807, 2.05) is 50.8 Å². The monoisotopic (exact) mass is 422 g/mol. The molecule has 0 aliphatic heterocycles. The van der Waals surface area contributed by atoms with Crippen molar-refractivity contribution in [3.05, 3.63) is 29.8 Å². The molecule has 8 nitrogen and oxygen atoms in total. The van der Waals surface area contributed by atoms with Crippen LogP contribution in [0.5, 0.6) is 0 Å². The van der Waals surface area contributed by atoms with Crippen molar-refractivity contribution in [1.82, 2.24) is 14.7 Å². The Hall–Kier alpha value is -2.12. The number of thiocyanates is 1. The Morgan fingerprint density at radius 3 is 2.07 bits per heavy atom. The van der Waals surface area contributed by atoms with Crippen LogP contribution in [0.1, 0.15) is 12.5 Å². The van der Waals surface area contributed by atoms with Crippen LogP contribution < -0.4 is 0 Å². The van der Waals surface area contributed by atoms with Gasteiger partial charge in [0.15, 0.2) is 0 Å². The summed E-state index contributed by atoms with van der Waals surface area (Å²) in [7, 11) is 5.95. The van der Waals surface area contributed by atoms with Gasteiger partial charge in [0.05, 0.1) is 13.1 Å². The van der Waals surface area contributed by atoms with Crippen molar-refractivity contribution in [2.75, 3.05) is 47.3 Å². The first-order chi connectivity index (χ1) is 13.6. The van der Waals surface area contributed by atoms with Gasteiger partial charge in [-0.3, -0.25) is 14.5 Å². The molecular weight excluding hydrogens is 392 g/mol. The first-order valence-corrected chi connectivity index (χ1v) is 10.1. The van der Waals surface area contributed by atoms with E-state index in [0.717, 1.165) is 28.8 Å². The molecule has 2 N–H and O–H groups in total. The Morgan fingerprint density at radius 1 is 1.07 bits per heavy atom. The maximum absolute atomic E-state index is 11.3. The molecule has 9 heteroatoms. The van der Waals surface area contributed by atoms with Crippen LogP contribution >= 0.6 is 11.8 Å². The van der Waals surface area contributed by atoms with Gasteiger partial charge in [-0.1, -0.05) is 12.1 Å². The van der Waals surface area contributed by atoms with Crippen molar-refractivity contribution in [2.24, 2.45) is 0 Å². The number of hydrogen-bond donors (Lipinski definition) is 2. The normalized spacial score (nSPS) is 13.4. The molecule has 1 rings (SSSR count). The second kappa shape index (κ2) is 12.4. The fraction of sp³-hybridized carbons (Fsp3) is 0.550. The summed E-state index contributed by atoms with van der Waals surface area (Å²) in [6.45, 7) is 2.73. The van der Waals surface area contributed by atoms with Crippen LogP contribution in [-0.4, -0.2) is 96.3 Å². The number of nitrogens with zero attached hydrogens (tertiary/aromatic N) is 4. The molecule has 0 radical (unpaired) electrons. The van der Waals surface area contributed by atoms with Gasteiger partial charge in [-0.15, -0.1) is 0 Å². The standard InChI is InChI=1S/C20H30N4O4S/c1-15(22(2)3)10-23(4)11-17(24(12-19(25)26)13-20(27)28)9-16-5-7-18(8-6-16)29-14-21/h5-8,15,17H,9-13H2,1-4H3,(H,25,26)(H,27,28)/t15?,17-/m1/s1. The van der Waals surface area contributed by atoms with Crippen LogP contribution in [0.15, 0.2) is 29.2 Å². The van der Waals surface area contributed by atoms with Crippen molar-refractivity contribution < 1.29 is 19.8 Å². The van der Waals surface area contributed by atoms with E-state index in [1.54, 1.807) is 0 Å². The highest BCUT2D eigenvalue weighted by atomic mass is 32.2. The molecule has 1 unspecified atom stereocenters. The minimum Gasteiger partial charge on any atom is -0.480 e. The zero-order valence-electron chi connectivity index (χ0n) is 17.4. The highest BCUT2D eigenvalue weighted by Gasteiger charge is 2.25. The minimum absolute atomic E-state index is 0.281. The molecule has 0 aromatic heterocycles. The van der Waals surface area contributed by atoms with E-state index in [2.05, 4.69) is 16.7 Å². The van der Waals surface area contributed by atoms with Gasteiger partial charge in [0.25, 0.3) is 0 Å². The minimum atomic E-state index is -1.05. The van der Waals surface area contributed by atoms with Gasteiger partial charge in [-0.2, -0.15) is 5.26 Å². The van der Waals surface area contributed by atoms with Gasteiger partial charge in [0, 0.05) is 30.1 Å². The van der Waals surface area contributed by atoms with Gasteiger partial charge in [0.2, 0.25) is 0 Å². The van der Waals surface area contributed by atoms with E-state index < -0.39 is 11.9 Å². The summed E-state index contributed by atoms with van der Waals surface area (Å²) in [4.78, 5) is 29.2. The van der Waals surface area contributed by atoms with Crippen LogP contribution in [0.2, 0.25) is 0 Å². The first kappa shape index (κ1) is 24.9. The van der Waals surface area contributed by atoms with E-state index in [4.69, 9.17) is 5.26 Å². The Kier molecular flexibility index (Phi) is 10.7. The molecule has 1 aromatic rings. The maximum atomic E-state index is 11.3. The van der Waals surface area contributed by atoms with E-state index in [1.165, 1.54) is 4.90 Å². The van der Waals surface area contributed by atoms with Crippen molar-refractivity contribution in [3.8, 4) is 5.40 Å². The summed E-state index contributed by atoms with van der Waals surface area (Å²) in [5, 5.41) is 29.3. The zero-order valence-corrected chi connectivity index (χ0v) is 18.2. The van der Waals surface area contributed by atoms with Crippen LogP contribution in [-0.2, 0) is 16.0 Å². The van der Waals surface area contributed by atoms with Crippen LogP contribution in [0.4, 0.5) is 0 Å². The summed E-state index contributed by atoms with van der Waals surface area (Å²) < 4.78 is 0. The second-order valence-electron chi connectivity index (χ2n) is 7.42. The van der Waals surface area contributed by atoms with Gasteiger partial charge in [0.1, 0.15) is 5.40 Å². The van der Waals surface area contributed by atoms with Gasteiger partial charge < -0.3 is 20.0 Å².